The largest absolute Gasteiger partial charge is 0.454 e. The number of para-hydroxylation sites is 5. The zero-order valence-corrected chi connectivity index (χ0v) is 30.4. The van der Waals surface area contributed by atoms with Crippen molar-refractivity contribution in [2.75, 3.05) is 9.80 Å². The molecule has 0 spiro atoms. The minimum Gasteiger partial charge on any atom is -0.454 e. The van der Waals surface area contributed by atoms with Crippen molar-refractivity contribution in [3.63, 3.8) is 0 Å². The molecule has 4 nitrogen and oxygen atoms in total. The number of nitrogens with zero attached hydrogens (tertiary/aromatic N) is 2. The van der Waals surface area contributed by atoms with E-state index < -0.39 is 0 Å². The molecule has 56 heavy (non-hydrogen) atoms. The van der Waals surface area contributed by atoms with Crippen LogP contribution in [0, 0.1) is 0 Å². The first kappa shape index (κ1) is 31.9. The van der Waals surface area contributed by atoms with Crippen LogP contribution in [0.4, 0.5) is 28.4 Å². The van der Waals surface area contributed by atoms with Crippen LogP contribution in [-0.4, -0.2) is 0 Å². The van der Waals surface area contributed by atoms with Gasteiger partial charge in [-0.1, -0.05) is 134 Å². The molecule has 0 saturated carbocycles. The predicted octanol–water partition coefficient (Wildman–Crippen LogP) is 15.2. The standard InChI is InChI=1S/C52H34N2O2/c1-3-14-35(4-2)53(45-21-12-19-39-37-17-8-10-23-47(37)55-51(39)45)43-31-27-33-26-30-42-44(32-28-34-25-29-41(43)49(33)50(34)42)54(36-15-6-5-7-16-36)46-22-13-20-40-38-18-9-11-24-48(38)56-52(40)46/h3-32H,1-2H2/b35-14+. The number of fused-ring (bicyclic) bond motifs is 6. The first-order chi connectivity index (χ1) is 27.7. The van der Waals surface area contributed by atoms with Crippen LogP contribution >= 0.6 is 0 Å². The molecular formula is C52H34N2O2. The highest BCUT2D eigenvalue weighted by Gasteiger charge is 2.25. The van der Waals surface area contributed by atoms with Crippen LogP contribution in [0.2, 0.25) is 0 Å². The maximum Gasteiger partial charge on any atom is 0.159 e. The second-order valence-corrected chi connectivity index (χ2v) is 14.1. The summed E-state index contributed by atoms with van der Waals surface area (Å²) in [4.78, 5) is 4.60. The lowest BCUT2D eigenvalue weighted by Crippen LogP contribution is -2.16. The van der Waals surface area contributed by atoms with E-state index in [-0.39, 0.29) is 0 Å². The van der Waals surface area contributed by atoms with E-state index in [0.717, 1.165) is 88.8 Å². The Morgan fingerprint density at radius 2 is 0.946 bits per heavy atom. The van der Waals surface area contributed by atoms with Gasteiger partial charge in [0.25, 0.3) is 0 Å². The van der Waals surface area contributed by atoms with E-state index in [2.05, 4.69) is 162 Å². The van der Waals surface area contributed by atoms with Crippen LogP contribution in [0.3, 0.4) is 0 Å². The highest BCUT2D eigenvalue weighted by molar-refractivity contribution is 6.28. The first-order valence-electron chi connectivity index (χ1n) is 18.8. The number of allylic oxidation sites excluding steroid dienone is 3. The summed E-state index contributed by atoms with van der Waals surface area (Å²) in [6, 6.07) is 57.8. The molecule has 0 aliphatic carbocycles. The maximum atomic E-state index is 6.64. The molecule has 0 aliphatic rings. The van der Waals surface area contributed by atoms with E-state index in [9.17, 15) is 0 Å². The van der Waals surface area contributed by atoms with Crippen LogP contribution in [0.5, 0.6) is 0 Å². The molecule has 11 rings (SSSR count). The monoisotopic (exact) mass is 718 g/mol. The van der Waals surface area contributed by atoms with Crippen LogP contribution < -0.4 is 9.80 Å². The van der Waals surface area contributed by atoms with Crippen molar-refractivity contribution in [2.45, 2.75) is 0 Å². The SMILES string of the molecule is C=C/C=C(\C=C)N(c1ccc2ccc3c(N(c4ccccc4)c4cccc5c4oc4ccccc45)ccc4ccc1c2c43)c1cccc2c1oc1ccccc12. The molecule has 0 saturated heterocycles. The summed E-state index contributed by atoms with van der Waals surface area (Å²) < 4.78 is 13.3. The highest BCUT2D eigenvalue weighted by atomic mass is 16.3. The molecule has 264 valence electrons. The second-order valence-electron chi connectivity index (χ2n) is 14.1. The molecule has 0 radical (unpaired) electrons. The number of anilines is 5. The minimum atomic E-state index is 0.816. The van der Waals surface area contributed by atoms with Gasteiger partial charge < -0.3 is 18.6 Å². The minimum absolute atomic E-state index is 0.816. The third kappa shape index (κ3) is 4.66. The van der Waals surface area contributed by atoms with Crippen molar-refractivity contribution in [3.05, 3.63) is 201 Å². The molecule has 0 aliphatic heterocycles. The second kappa shape index (κ2) is 12.5. The molecule has 2 heterocycles. The fourth-order valence-electron chi connectivity index (χ4n) is 8.72. The fourth-order valence-corrected chi connectivity index (χ4v) is 8.72. The number of hydrogen-bond donors (Lipinski definition) is 0. The quantitative estimate of drug-likeness (QED) is 0.116. The van der Waals surface area contributed by atoms with Crippen LogP contribution in [-0.2, 0) is 0 Å². The average molecular weight is 719 g/mol. The van der Waals surface area contributed by atoms with Gasteiger partial charge in [0, 0.05) is 43.7 Å². The summed E-state index contributed by atoms with van der Waals surface area (Å²) in [5.74, 6) is 0. The van der Waals surface area contributed by atoms with Crippen molar-refractivity contribution in [2.24, 2.45) is 0 Å². The normalized spacial score (nSPS) is 12.2. The Morgan fingerprint density at radius 1 is 0.429 bits per heavy atom. The fraction of sp³-hybridized carbons (Fsp3) is 0. The van der Waals surface area contributed by atoms with E-state index in [1.165, 1.54) is 21.5 Å². The van der Waals surface area contributed by atoms with Gasteiger partial charge in [0.1, 0.15) is 11.2 Å². The molecule has 0 unspecified atom stereocenters. The third-order valence-corrected chi connectivity index (χ3v) is 11.1. The topological polar surface area (TPSA) is 32.8 Å². The van der Waals surface area contributed by atoms with Crippen LogP contribution in [0.15, 0.2) is 210 Å². The van der Waals surface area contributed by atoms with Gasteiger partial charge in [0.2, 0.25) is 0 Å². The average Bonchev–Trinajstić information content (AvgIpc) is 3.83. The van der Waals surface area contributed by atoms with E-state index in [1.54, 1.807) is 0 Å². The summed E-state index contributed by atoms with van der Waals surface area (Å²) >= 11 is 0. The van der Waals surface area contributed by atoms with Gasteiger partial charge in [0.05, 0.1) is 22.7 Å². The van der Waals surface area contributed by atoms with Crippen LogP contribution in [0.25, 0.3) is 76.2 Å². The molecule has 0 atom stereocenters. The number of furan rings is 2. The smallest absolute Gasteiger partial charge is 0.159 e. The van der Waals surface area contributed by atoms with Crippen molar-refractivity contribution >= 4 is 105 Å². The molecule has 2 aromatic heterocycles. The lowest BCUT2D eigenvalue weighted by Gasteiger charge is -2.29. The van der Waals surface area contributed by atoms with E-state index in [1.807, 2.05) is 42.5 Å². The van der Waals surface area contributed by atoms with Crippen molar-refractivity contribution in [1.29, 1.82) is 0 Å². The van der Waals surface area contributed by atoms with Crippen molar-refractivity contribution in [1.82, 2.24) is 0 Å². The molecular weight excluding hydrogens is 685 g/mol. The Hall–Kier alpha value is -7.56. The third-order valence-electron chi connectivity index (χ3n) is 11.1. The molecule has 9 aromatic carbocycles. The molecule has 0 amide bonds. The molecule has 11 aromatic rings. The Balaban J connectivity index is 1.19. The Morgan fingerprint density at radius 3 is 1.57 bits per heavy atom. The maximum absolute atomic E-state index is 6.64. The zero-order valence-electron chi connectivity index (χ0n) is 30.4. The van der Waals surface area contributed by atoms with Gasteiger partial charge in [-0.25, -0.2) is 0 Å². The molecule has 4 heteroatoms. The Labute approximate surface area is 323 Å². The number of benzene rings is 9. The summed E-state index contributed by atoms with van der Waals surface area (Å²) in [6.45, 7) is 8.32. The summed E-state index contributed by atoms with van der Waals surface area (Å²) in [5, 5.41) is 11.3. The molecule has 0 bridgehead atoms. The van der Waals surface area contributed by atoms with Gasteiger partial charge in [0.15, 0.2) is 11.2 Å². The molecule has 0 N–H and O–H groups in total. The van der Waals surface area contributed by atoms with E-state index in [0.29, 0.717) is 0 Å². The van der Waals surface area contributed by atoms with Gasteiger partial charge >= 0.3 is 0 Å². The summed E-state index contributed by atoms with van der Waals surface area (Å²) in [7, 11) is 0. The lowest BCUT2D eigenvalue weighted by molar-refractivity contribution is 0.668. The van der Waals surface area contributed by atoms with Crippen molar-refractivity contribution < 1.29 is 8.83 Å². The van der Waals surface area contributed by atoms with Gasteiger partial charge in [-0.3, -0.25) is 0 Å². The summed E-state index contributed by atoms with van der Waals surface area (Å²) in [5.41, 5.74) is 9.33. The number of rotatable bonds is 8. The lowest BCUT2D eigenvalue weighted by atomic mass is 9.91. The van der Waals surface area contributed by atoms with Gasteiger partial charge in [-0.05, 0) is 82.2 Å². The first-order valence-corrected chi connectivity index (χ1v) is 18.8. The Kier molecular flexibility index (Phi) is 7.13. The van der Waals surface area contributed by atoms with Crippen molar-refractivity contribution in [3.8, 4) is 0 Å². The zero-order chi connectivity index (χ0) is 37.3. The highest BCUT2D eigenvalue weighted by Crippen LogP contribution is 2.49. The molecule has 0 fully saturated rings. The number of hydrogen-bond acceptors (Lipinski definition) is 4. The predicted molar refractivity (Wildman–Crippen MR) is 236 cm³/mol. The van der Waals surface area contributed by atoms with Gasteiger partial charge in [-0.2, -0.15) is 0 Å². The van der Waals surface area contributed by atoms with Gasteiger partial charge in [-0.15, -0.1) is 0 Å². The summed E-state index contributed by atoms with van der Waals surface area (Å²) in [6.07, 6.45) is 5.70. The Bertz CT molecular complexity index is 3370. The van der Waals surface area contributed by atoms with Crippen LogP contribution in [0.1, 0.15) is 0 Å². The van der Waals surface area contributed by atoms with E-state index >= 15 is 0 Å². The van der Waals surface area contributed by atoms with E-state index in [4.69, 9.17) is 8.83 Å².